The van der Waals surface area contributed by atoms with Gasteiger partial charge in [0.2, 0.25) is 15.9 Å². The second-order valence-electron chi connectivity index (χ2n) is 7.06. The minimum atomic E-state index is -3.71. The summed E-state index contributed by atoms with van der Waals surface area (Å²) >= 11 is 1.24. The number of nitrogens with one attached hydrogen (secondary N) is 1. The maximum Gasteiger partial charge on any atom is 0.281 e. The van der Waals surface area contributed by atoms with Crippen LogP contribution in [0.25, 0.3) is 0 Å². The van der Waals surface area contributed by atoms with Crippen LogP contribution in [0.15, 0.2) is 53.4 Å². The van der Waals surface area contributed by atoms with E-state index < -0.39 is 10.0 Å². The van der Waals surface area contributed by atoms with Crippen LogP contribution in [0.2, 0.25) is 0 Å². The van der Waals surface area contributed by atoms with Crippen molar-refractivity contribution in [2.45, 2.75) is 25.2 Å². The van der Waals surface area contributed by atoms with Crippen molar-refractivity contribution in [3.63, 3.8) is 0 Å². The average Bonchev–Trinajstić information content (AvgIpc) is 3.19. The average molecular weight is 478 g/mol. The Morgan fingerprint density at radius 1 is 1.16 bits per heavy atom. The van der Waals surface area contributed by atoms with Gasteiger partial charge >= 0.3 is 0 Å². The zero-order chi connectivity index (χ0) is 23.1. The molecule has 32 heavy (non-hydrogen) atoms. The first kappa shape index (κ1) is 24.1. The van der Waals surface area contributed by atoms with Gasteiger partial charge in [0.1, 0.15) is 5.75 Å². The predicted octanol–water partition coefficient (Wildman–Crippen LogP) is 4.01. The van der Waals surface area contributed by atoms with Crippen molar-refractivity contribution < 1.29 is 22.7 Å². The minimum absolute atomic E-state index is 0.0294. The third kappa shape index (κ3) is 5.81. The van der Waals surface area contributed by atoms with Gasteiger partial charge in [-0.3, -0.25) is 9.59 Å². The third-order valence-corrected chi connectivity index (χ3v) is 7.93. The number of carbonyl (C=O) groups excluding carboxylic acids is 2. The van der Waals surface area contributed by atoms with E-state index in [0.29, 0.717) is 37.7 Å². The quantitative estimate of drug-likeness (QED) is 0.556. The Balaban J connectivity index is 1.85. The van der Waals surface area contributed by atoms with Gasteiger partial charge in [0.05, 0.1) is 10.6 Å². The molecule has 8 nitrogen and oxygen atoms in total. The number of ether oxygens (including phenoxy) is 1. The van der Waals surface area contributed by atoms with E-state index in [4.69, 9.17) is 4.74 Å². The number of nitrogens with zero attached hydrogens (tertiary/aromatic N) is 2. The second-order valence-corrected chi connectivity index (χ2v) is 10.0. The smallest absolute Gasteiger partial charge is 0.281 e. The van der Waals surface area contributed by atoms with Crippen LogP contribution < -0.4 is 10.1 Å². The molecule has 1 saturated heterocycles. The number of benzene rings is 2. The Labute approximate surface area is 193 Å². The maximum absolute atomic E-state index is 13.0. The predicted molar refractivity (Wildman–Crippen MR) is 126 cm³/mol. The van der Waals surface area contributed by atoms with E-state index in [0.717, 1.165) is 5.75 Å². The van der Waals surface area contributed by atoms with Crippen molar-refractivity contribution in [2.75, 3.05) is 37.2 Å². The number of amides is 2. The summed E-state index contributed by atoms with van der Waals surface area (Å²) in [7, 11) is -3.71. The molecule has 1 aliphatic heterocycles. The van der Waals surface area contributed by atoms with Crippen LogP contribution in [-0.2, 0) is 14.8 Å². The lowest BCUT2D eigenvalue weighted by atomic mass is 10.2. The van der Waals surface area contributed by atoms with E-state index in [9.17, 15) is 18.0 Å². The molecule has 1 fully saturated rings. The van der Waals surface area contributed by atoms with Crippen LogP contribution in [0.3, 0.4) is 0 Å². The number of sulfonamides is 1. The molecule has 172 valence electrons. The van der Waals surface area contributed by atoms with Crippen molar-refractivity contribution >= 4 is 38.6 Å². The number of thioether (sulfide) groups is 1. The molecule has 1 heterocycles. The van der Waals surface area contributed by atoms with E-state index in [1.165, 1.54) is 28.2 Å². The van der Waals surface area contributed by atoms with Gasteiger partial charge in [0.25, 0.3) is 5.24 Å². The standard InChI is InChI=1S/C22H27N3O5S2/c1-3-25(4-2)32(28,29)18-10-11-20(30-17-8-6-5-7-9-17)19(16-18)23-21(26)12-13-24-14-15-31-22(24)27/h5-11,16H,3-4,12-15H2,1-2H3,(H,23,26). The van der Waals surface area contributed by atoms with Crippen LogP contribution in [0, 0.1) is 0 Å². The van der Waals surface area contributed by atoms with Crippen molar-refractivity contribution in [3.8, 4) is 11.5 Å². The Kier molecular flexibility index (Phi) is 8.16. The largest absolute Gasteiger partial charge is 0.455 e. The van der Waals surface area contributed by atoms with Gasteiger partial charge in [-0.05, 0) is 30.3 Å². The fraction of sp³-hybridized carbons (Fsp3) is 0.364. The molecule has 0 radical (unpaired) electrons. The molecule has 0 aromatic heterocycles. The van der Waals surface area contributed by atoms with Crippen LogP contribution in [0.4, 0.5) is 10.5 Å². The summed E-state index contributed by atoms with van der Waals surface area (Å²) in [4.78, 5) is 26.1. The lowest BCUT2D eigenvalue weighted by molar-refractivity contribution is -0.116. The van der Waals surface area contributed by atoms with Crippen molar-refractivity contribution in [1.82, 2.24) is 9.21 Å². The van der Waals surface area contributed by atoms with Crippen molar-refractivity contribution in [3.05, 3.63) is 48.5 Å². The van der Waals surface area contributed by atoms with Gasteiger partial charge in [0, 0.05) is 38.4 Å². The molecule has 0 unspecified atom stereocenters. The summed E-state index contributed by atoms with van der Waals surface area (Å²) in [6.07, 6.45) is 0.101. The SMILES string of the molecule is CCN(CC)S(=O)(=O)c1ccc(Oc2ccccc2)c(NC(=O)CCN2CCSC2=O)c1. The Morgan fingerprint density at radius 3 is 2.50 bits per heavy atom. The summed E-state index contributed by atoms with van der Waals surface area (Å²) in [6, 6.07) is 13.5. The summed E-state index contributed by atoms with van der Waals surface area (Å²) in [6.45, 7) is 5.15. The molecule has 0 aliphatic carbocycles. The fourth-order valence-corrected chi connectivity index (χ4v) is 5.60. The molecule has 10 heteroatoms. The van der Waals surface area contributed by atoms with Crippen LogP contribution in [0.5, 0.6) is 11.5 Å². The number of hydrogen-bond donors (Lipinski definition) is 1. The van der Waals surface area contributed by atoms with E-state index >= 15 is 0 Å². The summed E-state index contributed by atoms with van der Waals surface area (Å²) in [5, 5.41) is 2.74. The molecule has 3 rings (SSSR count). The van der Waals surface area contributed by atoms with E-state index in [2.05, 4.69) is 5.32 Å². The van der Waals surface area contributed by atoms with Gasteiger partial charge < -0.3 is 15.0 Å². The first-order valence-corrected chi connectivity index (χ1v) is 12.9. The molecule has 1 N–H and O–H groups in total. The highest BCUT2D eigenvalue weighted by Crippen LogP contribution is 2.33. The topological polar surface area (TPSA) is 96.0 Å². The van der Waals surface area contributed by atoms with E-state index in [1.54, 1.807) is 36.9 Å². The number of para-hydroxylation sites is 1. The number of hydrogen-bond acceptors (Lipinski definition) is 6. The van der Waals surface area contributed by atoms with Gasteiger partial charge in [-0.25, -0.2) is 8.42 Å². The lowest BCUT2D eigenvalue weighted by Crippen LogP contribution is -2.30. The molecule has 2 amide bonds. The van der Waals surface area contributed by atoms with Crippen LogP contribution >= 0.6 is 11.8 Å². The van der Waals surface area contributed by atoms with Crippen LogP contribution in [0.1, 0.15) is 20.3 Å². The van der Waals surface area contributed by atoms with Crippen molar-refractivity contribution in [1.29, 1.82) is 0 Å². The number of carbonyl (C=O) groups is 2. The highest BCUT2D eigenvalue weighted by Gasteiger charge is 2.24. The first-order chi connectivity index (χ1) is 15.3. The Morgan fingerprint density at radius 2 is 1.88 bits per heavy atom. The summed E-state index contributed by atoms with van der Waals surface area (Å²) in [5.41, 5.74) is 0.259. The fourth-order valence-electron chi connectivity index (χ4n) is 3.26. The molecule has 0 spiro atoms. The zero-order valence-corrected chi connectivity index (χ0v) is 19.7. The summed E-state index contributed by atoms with van der Waals surface area (Å²) < 4.78 is 33.2. The third-order valence-electron chi connectivity index (χ3n) is 4.99. The Hall–Kier alpha value is -2.56. The first-order valence-electron chi connectivity index (χ1n) is 10.4. The highest BCUT2D eigenvalue weighted by atomic mass is 32.2. The molecule has 2 aromatic rings. The molecule has 0 atom stereocenters. The minimum Gasteiger partial charge on any atom is -0.455 e. The molecule has 1 aliphatic rings. The molecular formula is C22H27N3O5S2. The maximum atomic E-state index is 13.0. The molecule has 0 saturated carbocycles. The lowest BCUT2D eigenvalue weighted by Gasteiger charge is -2.20. The molecular weight excluding hydrogens is 450 g/mol. The van der Waals surface area contributed by atoms with Gasteiger partial charge in [-0.1, -0.05) is 43.8 Å². The number of anilines is 1. The van der Waals surface area contributed by atoms with E-state index in [1.807, 2.05) is 18.2 Å². The van der Waals surface area contributed by atoms with Crippen LogP contribution in [-0.4, -0.2) is 60.7 Å². The highest BCUT2D eigenvalue weighted by molar-refractivity contribution is 8.13. The van der Waals surface area contributed by atoms with Crippen molar-refractivity contribution in [2.24, 2.45) is 0 Å². The zero-order valence-electron chi connectivity index (χ0n) is 18.1. The van der Waals surface area contributed by atoms with Gasteiger partial charge in [-0.15, -0.1) is 0 Å². The van der Waals surface area contributed by atoms with Gasteiger partial charge in [-0.2, -0.15) is 4.31 Å². The monoisotopic (exact) mass is 477 g/mol. The summed E-state index contributed by atoms with van der Waals surface area (Å²) in [5.74, 6) is 1.28. The second kappa shape index (κ2) is 10.8. The normalized spacial score (nSPS) is 14.1. The van der Waals surface area contributed by atoms with E-state index in [-0.39, 0.29) is 28.2 Å². The van der Waals surface area contributed by atoms with Gasteiger partial charge in [0.15, 0.2) is 5.75 Å². The Bertz CT molecular complexity index is 1060. The molecule has 2 aromatic carbocycles. The number of rotatable bonds is 10. The molecule has 0 bridgehead atoms.